The largest absolute Gasteiger partial charge is 0.506 e. The van der Waals surface area contributed by atoms with Gasteiger partial charge in [0.15, 0.2) is 0 Å². The Morgan fingerprint density at radius 2 is 2.19 bits per heavy atom. The van der Waals surface area contributed by atoms with Crippen molar-refractivity contribution in [3.05, 3.63) is 23.8 Å². The maximum atomic E-state index is 12.6. The van der Waals surface area contributed by atoms with Crippen LogP contribution in [0.3, 0.4) is 0 Å². The number of hydrogen-bond acceptors (Lipinski definition) is 3. The summed E-state index contributed by atoms with van der Waals surface area (Å²) < 4.78 is 37.8. The molecule has 0 saturated carbocycles. The normalized spacial score (nSPS) is 18.7. The van der Waals surface area contributed by atoms with Gasteiger partial charge in [0.1, 0.15) is 5.75 Å². The van der Waals surface area contributed by atoms with Crippen LogP contribution in [-0.2, 0) is 11.0 Å². The van der Waals surface area contributed by atoms with Crippen LogP contribution in [0.15, 0.2) is 18.2 Å². The van der Waals surface area contributed by atoms with E-state index in [-0.39, 0.29) is 17.9 Å². The molecule has 0 aliphatic carbocycles. The van der Waals surface area contributed by atoms with Gasteiger partial charge in [-0.1, -0.05) is 0 Å². The van der Waals surface area contributed by atoms with Gasteiger partial charge in [-0.05, 0) is 50.0 Å². The van der Waals surface area contributed by atoms with Crippen molar-refractivity contribution in [3.8, 4) is 5.75 Å². The minimum atomic E-state index is -4.51. The van der Waals surface area contributed by atoms with Crippen LogP contribution in [0.2, 0.25) is 0 Å². The van der Waals surface area contributed by atoms with Gasteiger partial charge in [-0.15, -0.1) is 0 Å². The number of nitrogens with one attached hydrogen (secondary N) is 2. The number of aromatic hydroxyl groups is 1. The van der Waals surface area contributed by atoms with Crippen LogP contribution in [-0.4, -0.2) is 24.1 Å². The average molecular weight is 302 g/mol. The third-order valence-electron chi connectivity index (χ3n) is 3.54. The van der Waals surface area contributed by atoms with Crippen molar-refractivity contribution >= 4 is 11.6 Å². The first-order chi connectivity index (χ1) is 9.86. The van der Waals surface area contributed by atoms with Crippen molar-refractivity contribution in [1.29, 1.82) is 0 Å². The van der Waals surface area contributed by atoms with E-state index >= 15 is 0 Å². The van der Waals surface area contributed by atoms with Crippen molar-refractivity contribution in [1.82, 2.24) is 5.32 Å². The highest BCUT2D eigenvalue weighted by atomic mass is 19.4. The van der Waals surface area contributed by atoms with Crippen LogP contribution in [0.25, 0.3) is 0 Å². The van der Waals surface area contributed by atoms with Gasteiger partial charge in [0.2, 0.25) is 5.91 Å². The lowest BCUT2D eigenvalue weighted by Gasteiger charge is -2.12. The fourth-order valence-electron chi connectivity index (χ4n) is 2.32. The summed E-state index contributed by atoms with van der Waals surface area (Å²) in [4.78, 5) is 11.8. The van der Waals surface area contributed by atoms with E-state index in [1.807, 2.05) is 0 Å². The van der Waals surface area contributed by atoms with Crippen LogP contribution in [0.4, 0.5) is 18.9 Å². The molecule has 0 bridgehead atoms. The van der Waals surface area contributed by atoms with E-state index in [0.717, 1.165) is 37.7 Å². The molecule has 1 fully saturated rings. The maximum absolute atomic E-state index is 12.6. The molecule has 1 unspecified atom stereocenters. The minimum Gasteiger partial charge on any atom is -0.506 e. The number of alkyl halides is 3. The Morgan fingerprint density at radius 1 is 1.43 bits per heavy atom. The molecular formula is C14H17F3N2O2. The Labute approximate surface area is 120 Å². The topological polar surface area (TPSA) is 61.4 Å². The van der Waals surface area contributed by atoms with Crippen LogP contribution >= 0.6 is 0 Å². The molecule has 1 aromatic rings. The van der Waals surface area contributed by atoms with Crippen molar-refractivity contribution in [3.63, 3.8) is 0 Å². The molecular weight excluding hydrogens is 285 g/mol. The van der Waals surface area contributed by atoms with E-state index in [0.29, 0.717) is 12.3 Å². The molecule has 2 rings (SSSR count). The molecule has 1 heterocycles. The van der Waals surface area contributed by atoms with Crippen molar-refractivity contribution in [2.45, 2.75) is 25.4 Å². The van der Waals surface area contributed by atoms with Gasteiger partial charge in [0.05, 0.1) is 11.3 Å². The smallest absolute Gasteiger partial charge is 0.416 e. The zero-order valence-electron chi connectivity index (χ0n) is 11.3. The molecule has 21 heavy (non-hydrogen) atoms. The molecule has 1 aliphatic rings. The number of phenols is 1. The molecule has 3 N–H and O–H groups in total. The number of halogens is 3. The number of anilines is 1. The van der Waals surface area contributed by atoms with Crippen molar-refractivity contribution < 1.29 is 23.1 Å². The standard InChI is InChI=1S/C14H17F3N2O2/c15-14(16,17)10-2-3-12(20)11(7-10)19-13(21)4-1-9-5-6-18-8-9/h2-3,7,9,18,20H,1,4-6,8H2,(H,19,21). The summed E-state index contributed by atoms with van der Waals surface area (Å²) in [5.74, 6) is -0.346. The SMILES string of the molecule is O=C(CCC1CCNC1)Nc1cc(C(F)(F)F)ccc1O. The Balaban J connectivity index is 1.96. The summed E-state index contributed by atoms with van der Waals surface area (Å²) in [7, 11) is 0. The Bertz CT molecular complexity index is 511. The van der Waals surface area contributed by atoms with Gasteiger partial charge >= 0.3 is 6.18 Å². The molecule has 0 spiro atoms. The third-order valence-corrected chi connectivity index (χ3v) is 3.54. The van der Waals surface area contributed by atoms with E-state index in [1.165, 1.54) is 0 Å². The van der Waals surface area contributed by atoms with Gasteiger partial charge in [-0.3, -0.25) is 4.79 Å². The molecule has 0 radical (unpaired) electrons. The number of carbonyl (C=O) groups excluding carboxylic acids is 1. The van der Waals surface area contributed by atoms with Crippen molar-refractivity contribution in [2.24, 2.45) is 5.92 Å². The summed E-state index contributed by atoms with van der Waals surface area (Å²) in [5, 5.41) is 15.1. The van der Waals surface area contributed by atoms with Crippen LogP contribution < -0.4 is 10.6 Å². The molecule has 7 heteroatoms. The fraction of sp³-hybridized carbons (Fsp3) is 0.500. The van der Waals surface area contributed by atoms with E-state index < -0.39 is 17.6 Å². The summed E-state index contributed by atoms with van der Waals surface area (Å²) >= 11 is 0. The minimum absolute atomic E-state index is 0.209. The lowest BCUT2D eigenvalue weighted by atomic mass is 10.0. The first-order valence-electron chi connectivity index (χ1n) is 6.77. The predicted octanol–water partition coefficient (Wildman–Crippen LogP) is 2.74. The number of phenolic OH excluding ortho intramolecular Hbond substituents is 1. The number of amides is 1. The van der Waals surface area contributed by atoms with Gasteiger partial charge in [-0.25, -0.2) is 0 Å². The zero-order chi connectivity index (χ0) is 15.5. The van der Waals surface area contributed by atoms with E-state index in [2.05, 4.69) is 10.6 Å². The lowest BCUT2D eigenvalue weighted by molar-refractivity contribution is -0.137. The second-order valence-corrected chi connectivity index (χ2v) is 5.18. The Kier molecular flexibility index (Phi) is 4.72. The van der Waals surface area contributed by atoms with Gasteiger partial charge in [0, 0.05) is 6.42 Å². The van der Waals surface area contributed by atoms with E-state index in [1.54, 1.807) is 0 Å². The molecule has 4 nitrogen and oxygen atoms in total. The maximum Gasteiger partial charge on any atom is 0.416 e. The molecule has 0 aromatic heterocycles. The molecule has 1 aliphatic heterocycles. The van der Waals surface area contributed by atoms with Crippen LogP contribution in [0.1, 0.15) is 24.8 Å². The molecule has 1 atom stereocenters. The van der Waals surface area contributed by atoms with Gasteiger partial charge < -0.3 is 15.7 Å². The quantitative estimate of drug-likeness (QED) is 0.750. The second kappa shape index (κ2) is 6.34. The summed E-state index contributed by atoms with van der Waals surface area (Å²) in [6.45, 7) is 1.79. The highest BCUT2D eigenvalue weighted by molar-refractivity contribution is 5.92. The number of carbonyl (C=O) groups is 1. The predicted molar refractivity (Wildman–Crippen MR) is 71.9 cm³/mol. The van der Waals surface area contributed by atoms with E-state index in [4.69, 9.17) is 0 Å². The van der Waals surface area contributed by atoms with Gasteiger partial charge in [-0.2, -0.15) is 13.2 Å². The van der Waals surface area contributed by atoms with Gasteiger partial charge in [0.25, 0.3) is 0 Å². The summed E-state index contributed by atoms with van der Waals surface area (Å²) in [6.07, 6.45) is -2.61. The zero-order valence-corrected chi connectivity index (χ0v) is 11.3. The number of rotatable bonds is 4. The summed E-state index contributed by atoms with van der Waals surface area (Å²) in [5.41, 5.74) is -1.12. The second-order valence-electron chi connectivity index (χ2n) is 5.18. The van der Waals surface area contributed by atoms with E-state index in [9.17, 15) is 23.1 Å². The summed E-state index contributed by atoms with van der Waals surface area (Å²) in [6, 6.07) is 2.44. The third kappa shape index (κ3) is 4.35. The highest BCUT2D eigenvalue weighted by Crippen LogP contribution is 2.34. The number of benzene rings is 1. The Morgan fingerprint density at radius 3 is 2.81 bits per heavy atom. The molecule has 1 aromatic carbocycles. The number of hydrogen-bond donors (Lipinski definition) is 3. The average Bonchev–Trinajstić information content (AvgIpc) is 2.91. The first kappa shape index (κ1) is 15.6. The molecule has 116 valence electrons. The molecule has 1 amide bonds. The fourth-order valence-corrected chi connectivity index (χ4v) is 2.32. The lowest BCUT2D eigenvalue weighted by Crippen LogP contribution is -2.15. The van der Waals surface area contributed by atoms with Crippen LogP contribution in [0.5, 0.6) is 5.75 Å². The van der Waals surface area contributed by atoms with Crippen molar-refractivity contribution in [2.75, 3.05) is 18.4 Å². The Hall–Kier alpha value is -1.76. The first-order valence-corrected chi connectivity index (χ1v) is 6.77. The molecule has 1 saturated heterocycles. The van der Waals surface area contributed by atoms with Crippen LogP contribution in [0, 0.1) is 5.92 Å². The monoisotopic (exact) mass is 302 g/mol. The highest BCUT2D eigenvalue weighted by Gasteiger charge is 2.31.